The highest BCUT2D eigenvalue weighted by atomic mass is 16.5. The monoisotopic (exact) mass is 230 g/mol. The molecule has 0 spiro atoms. The number of benzene rings is 1. The van der Waals surface area contributed by atoms with E-state index in [2.05, 4.69) is 25.2 Å². The Labute approximate surface area is 102 Å². The molecule has 3 nitrogen and oxygen atoms in total. The standard InChI is InChI=1S/C14H18N2O/c1-10(2)13-8-16-9-14(17-13)12-5-3-4-11(6-12)7-15/h3-6,10,13-14,16H,8-9H2,1-2H3. The summed E-state index contributed by atoms with van der Waals surface area (Å²) >= 11 is 0. The van der Waals surface area contributed by atoms with Gasteiger partial charge in [-0.15, -0.1) is 0 Å². The highest BCUT2D eigenvalue weighted by Gasteiger charge is 2.25. The molecule has 0 bridgehead atoms. The van der Waals surface area contributed by atoms with Crippen LogP contribution in [0.25, 0.3) is 0 Å². The number of ether oxygens (including phenoxy) is 1. The largest absolute Gasteiger partial charge is 0.367 e. The predicted octanol–water partition coefficient (Wildman–Crippen LogP) is 2.24. The van der Waals surface area contributed by atoms with Gasteiger partial charge in [-0.25, -0.2) is 0 Å². The third kappa shape index (κ3) is 2.85. The van der Waals surface area contributed by atoms with Gasteiger partial charge in [-0.3, -0.25) is 0 Å². The first-order valence-corrected chi connectivity index (χ1v) is 6.07. The molecule has 3 heteroatoms. The molecule has 90 valence electrons. The molecule has 2 unspecified atom stereocenters. The highest BCUT2D eigenvalue weighted by Crippen LogP contribution is 2.24. The van der Waals surface area contributed by atoms with Crippen LogP contribution in [0.15, 0.2) is 24.3 Å². The molecule has 1 aromatic carbocycles. The molecule has 0 radical (unpaired) electrons. The molecule has 17 heavy (non-hydrogen) atoms. The van der Waals surface area contributed by atoms with Gasteiger partial charge in [0.25, 0.3) is 0 Å². The minimum absolute atomic E-state index is 0.0597. The maximum absolute atomic E-state index is 8.89. The molecule has 1 saturated heterocycles. The number of nitrogens with one attached hydrogen (secondary N) is 1. The lowest BCUT2D eigenvalue weighted by atomic mass is 10.0. The van der Waals surface area contributed by atoms with E-state index in [0.717, 1.165) is 18.7 Å². The van der Waals surface area contributed by atoms with Crippen molar-refractivity contribution in [1.82, 2.24) is 5.32 Å². The molecular weight excluding hydrogens is 212 g/mol. The normalized spacial score (nSPS) is 24.6. The van der Waals surface area contributed by atoms with Gasteiger partial charge in [-0.05, 0) is 23.6 Å². The van der Waals surface area contributed by atoms with Crippen LogP contribution in [0, 0.1) is 17.2 Å². The Morgan fingerprint density at radius 2 is 2.24 bits per heavy atom. The summed E-state index contributed by atoms with van der Waals surface area (Å²) in [7, 11) is 0. The van der Waals surface area contributed by atoms with Crippen LogP contribution < -0.4 is 5.32 Å². The summed E-state index contributed by atoms with van der Waals surface area (Å²) in [5.41, 5.74) is 1.78. The maximum Gasteiger partial charge on any atom is 0.0991 e. The van der Waals surface area contributed by atoms with Crippen LogP contribution in [0.5, 0.6) is 0 Å². The first kappa shape index (κ1) is 12.1. The van der Waals surface area contributed by atoms with Crippen LogP contribution in [-0.2, 0) is 4.74 Å². The van der Waals surface area contributed by atoms with Crippen molar-refractivity contribution >= 4 is 0 Å². The number of nitrogens with zero attached hydrogens (tertiary/aromatic N) is 1. The number of nitriles is 1. The van der Waals surface area contributed by atoms with E-state index in [1.54, 1.807) is 0 Å². The number of hydrogen-bond donors (Lipinski definition) is 1. The van der Waals surface area contributed by atoms with Gasteiger partial charge >= 0.3 is 0 Å². The fourth-order valence-electron chi connectivity index (χ4n) is 2.06. The van der Waals surface area contributed by atoms with Crippen molar-refractivity contribution in [3.63, 3.8) is 0 Å². The molecule has 0 saturated carbocycles. The molecule has 1 aliphatic rings. The van der Waals surface area contributed by atoms with E-state index in [4.69, 9.17) is 10.00 Å². The lowest BCUT2D eigenvalue weighted by Crippen LogP contribution is -2.43. The van der Waals surface area contributed by atoms with Crippen LogP contribution in [0.4, 0.5) is 0 Å². The Hall–Kier alpha value is -1.37. The average molecular weight is 230 g/mol. The SMILES string of the molecule is CC(C)C1CNCC(c2cccc(C#N)c2)O1. The van der Waals surface area contributed by atoms with Crippen LogP contribution in [0.1, 0.15) is 31.1 Å². The Bertz CT molecular complexity index is 422. The van der Waals surface area contributed by atoms with Crippen LogP contribution in [0.2, 0.25) is 0 Å². The summed E-state index contributed by atoms with van der Waals surface area (Å²) in [6, 6.07) is 9.83. The van der Waals surface area contributed by atoms with Crippen LogP contribution >= 0.6 is 0 Å². The average Bonchev–Trinajstić information content (AvgIpc) is 2.39. The fraction of sp³-hybridized carbons (Fsp3) is 0.500. The van der Waals surface area contributed by atoms with E-state index in [1.807, 2.05) is 24.3 Å². The molecule has 1 N–H and O–H groups in total. The summed E-state index contributed by atoms with van der Waals surface area (Å²) in [5.74, 6) is 0.504. The topological polar surface area (TPSA) is 45.0 Å². The second-order valence-electron chi connectivity index (χ2n) is 4.80. The highest BCUT2D eigenvalue weighted by molar-refractivity contribution is 5.34. The fourth-order valence-corrected chi connectivity index (χ4v) is 2.06. The quantitative estimate of drug-likeness (QED) is 0.847. The van der Waals surface area contributed by atoms with Crippen molar-refractivity contribution in [2.45, 2.75) is 26.1 Å². The van der Waals surface area contributed by atoms with Gasteiger partial charge < -0.3 is 10.1 Å². The molecule has 0 amide bonds. The smallest absolute Gasteiger partial charge is 0.0991 e. The minimum atomic E-state index is 0.0597. The van der Waals surface area contributed by atoms with Crippen molar-refractivity contribution in [2.24, 2.45) is 5.92 Å². The van der Waals surface area contributed by atoms with Crippen molar-refractivity contribution in [3.05, 3.63) is 35.4 Å². The first-order valence-electron chi connectivity index (χ1n) is 6.07. The van der Waals surface area contributed by atoms with Crippen LogP contribution in [0.3, 0.4) is 0 Å². The van der Waals surface area contributed by atoms with Crippen molar-refractivity contribution < 1.29 is 4.74 Å². The molecule has 0 aromatic heterocycles. The summed E-state index contributed by atoms with van der Waals surface area (Å²) < 4.78 is 6.06. The second kappa shape index (κ2) is 5.31. The second-order valence-corrected chi connectivity index (χ2v) is 4.80. The zero-order chi connectivity index (χ0) is 12.3. The lowest BCUT2D eigenvalue weighted by Gasteiger charge is -2.33. The summed E-state index contributed by atoms with van der Waals surface area (Å²) in [6.45, 7) is 6.06. The molecule has 1 aliphatic heterocycles. The van der Waals surface area contributed by atoms with E-state index < -0.39 is 0 Å². The van der Waals surface area contributed by atoms with Crippen molar-refractivity contribution in [1.29, 1.82) is 5.26 Å². The summed E-state index contributed by atoms with van der Waals surface area (Å²) in [5, 5.41) is 12.3. The van der Waals surface area contributed by atoms with Gasteiger partial charge in [0.15, 0.2) is 0 Å². The molecule has 1 aromatic rings. The van der Waals surface area contributed by atoms with Gasteiger partial charge in [0.2, 0.25) is 0 Å². The van der Waals surface area contributed by atoms with Gasteiger partial charge in [0, 0.05) is 13.1 Å². The Morgan fingerprint density at radius 1 is 1.41 bits per heavy atom. The van der Waals surface area contributed by atoms with E-state index in [-0.39, 0.29) is 12.2 Å². The van der Waals surface area contributed by atoms with Crippen molar-refractivity contribution in [3.8, 4) is 6.07 Å². The maximum atomic E-state index is 8.89. The number of rotatable bonds is 2. The van der Waals surface area contributed by atoms with Gasteiger partial charge in [0.05, 0.1) is 23.8 Å². The first-order chi connectivity index (χ1) is 8.20. The zero-order valence-corrected chi connectivity index (χ0v) is 10.3. The lowest BCUT2D eigenvalue weighted by molar-refractivity contribution is -0.0603. The zero-order valence-electron chi connectivity index (χ0n) is 10.3. The number of morpholine rings is 1. The van der Waals surface area contributed by atoms with Gasteiger partial charge in [-0.2, -0.15) is 5.26 Å². The van der Waals surface area contributed by atoms with E-state index in [1.165, 1.54) is 0 Å². The third-order valence-electron chi connectivity index (χ3n) is 3.15. The minimum Gasteiger partial charge on any atom is -0.367 e. The molecule has 1 fully saturated rings. The van der Waals surface area contributed by atoms with E-state index >= 15 is 0 Å². The van der Waals surface area contributed by atoms with Crippen LogP contribution in [-0.4, -0.2) is 19.2 Å². The molecule has 1 heterocycles. The van der Waals surface area contributed by atoms with Crippen molar-refractivity contribution in [2.75, 3.05) is 13.1 Å². The summed E-state index contributed by atoms with van der Waals surface area (Å²) in [6.07, 6.45) is 0.309. The third-order valence-corrected chi connectivity index (χ3v) is 3.15. The van der Waals surface area contributed by atoms with Gasteiger partial charge in [-0.1, -0.05) is 26.0 Å². The molecule has 2 rings (SSSR count). The number of hydrogen-bond acceptors (Lipinski definition) is 3. The molecule has 2 atom stereocenters. The predicted molar refractivity (Wildman–Crippen MR) is 66.5 cm³/mol. The summed E-state index contributed by atoms with van der Waals surface area (Å²) in [4.78, 5) is 0. The Balaban J connectivity index is 2.13. The van der Waals surface area contributed by atoms with Gasteiger partial charge in [0.1, 0.15) is 0 Å². The van der Waals surface area contributed by atoms with E-state index in [9.17, 15) is 0 Å². The molecule has 0 aliphatic carbocycles. The Morgan fingerprint density at radius 3 is 2.94 bits per heavy atom. The molecular formula is C14H18N2O. The Kier molecular flexibility index (Phi) is 3.78. The van der Waals surface area contributed by atoms with E-state index in [0.29, 0.717) is 11.5 Å².